The summed E-state index contributed by atoms with van der Waals surface area (Å²) in [6, 6.07) is 3.33. The maximum atomic E-state index is 14.0. The number of amides is 1. The number of hydrogen-bond donors (Lipinski definition) is 1. The topological polar surface area (TPSA) is 100 Å². The van der Waals surface area contributed by atoms with Gasteiger partial charge in [0.1, 0.15) is 23.9 Å². The number of carbonyl (C=O) groups excluding carboxylic acids is 1. The van der Waals surface area contributed by atoms with Gasteiger partial charge in [-0.25, -0.2) is 23.7 Å². The van der Waals surface area contributed by atoms with E-state index in [1.165, 1.54) is 18.5 Å². The fourth-order valence-corrected chi connectivity index (χ4v) is 4.23. The molecule has 0 saturated carbocycles. The fraction of sp³-hybridized carbons (Fsp3) is 0.409. The summed E-state index contributed by atoms with van der Waals surface area (Å²) in [6.45, 7) is 3.83. The standard InChI is InChI=1S/C22H23F2N7O2/c1-13(32)31-9-6-17-18(11-31)27-20(21-25-12-26-29-21)22(28-17)30-7-4-15(5-8-30)33-19-3-2-14(23)10-16(19)24/h2-3,10,12,15H,4-9,11H2,1H3,(H,25,26,29). The number of piperidine rings is 1. The molecule has 1 fully saturated rings. The van der Waals surface area contributed by atoms with Crippen molar-refractivity contribution >= 4 is 11.7 Å². The quantitative estimate of drug-likeness (QED) is 0.645. The second-order valence-corrected chi connectivity index (χ2v) is 8.19. The highest BCUT2D eigenvalue weighted by atomic mass is 19.1. The molecule has 33 heavy (non-hydrogen) atoms. The molecule has 9 nitrogen and oxygen atoms in total. The Kier molecular flexibility index (Phi) is 5.61. The number of hydrogen-bond acceptors (Lipinski definition) is 7. The zero-order valence-corrected chi connectivity index (χ0v) is 18.1. The van der Waals surface area contributed by atoms with E-state index >= 15 is 0 Å². The van der Waals surface area contributed by atoms with Crippen LogP contribution in [0.25, 0.3) is 11.5 Å². The molecular formula is C22H23F2N7O2. The molecule has 1 amide bonds. The lowest BCUT2D eigenvalue weighted by Crippen LogP contribution is -2.40. The van der Waals surface area contributed by atoms with Gasteiger partial charge in [-0.3, -0.25) is 9.89 Å². The highest BCUT2D eigenvalue weighted by Crippen LogP contribution is 2.31. The number of H-pyrrole nitrogens is 1. The normalized spacial score (nSPS) is 16.6. The van der Waals surface area contributed by atoms with Gasteiger partial charge in [-0.15, -0.1) is 0 Å². The summed E-state index contributed by atoms with van der Waals surface area (Å²) >= 11 is 0. The molecule has 0 aliphatic carbocycles. The predicted molar refractivity (Wildman–Crippen MR) is 114 cm³/mol. The first kappa shape index (κ1) is 21.2. The predicted octanol–water partition coefficient (Wildman–Crippen LogP) is 2.49. The molecule has 11 heteroatoms. The van der Waals surface area contributed by atoms with Gasteiger partial charge in [0.15, 0.2) is 23.2 Å². The van der Waals surface area contributed by atoms with Gasteiger partial charge in [-0.05, 0) is 12.1 Å². The first-order valence-corrected chi connectivity index (χ1v) is 10.9. The van der Waals surface area contributed by atoms with Crippen LogP contribution in [0.15, 0.2) is 24.5 Å². The van der Waals surface area contributed by atoms with Crippen LogP contribution in [0.3, 0.4) is 0 Å². The van der Waals surface area contributed by atoms with Gasteiger partial charge in [0.2, 0.25) is 5.91 Å². The largest absolute Gasteiger partial charge is 0.487 e. The maximum absolute atomic E-state index is 14.0. The van der Waals surface area contributed by atoms with Gasteiger partial charge in [0.25, 0.3) is 0 Å². The highest BCUT2D eigenvalue weighted by molar-refractivity contribution is 5.74. The van der Waals surface area contributed by atoms with Gasteiger partial charge in [-0.1, -0.05) is 0 Å². The zero-order chi connectivity index (χ0) is 22.9. The van der Waals surface area contributed by atoms with E-state index in [0.29, 0.717) is 62.8 Å². The van der Waals surface area contributed by atoms with Crippen molar-refractivity contribution in [1.29, 1.82) is 0 Å². The molecule has 1 N–H and O–H groups in total. The summed E-state index contributed by atoms with van der Waals surface area (Å²) in [5.74, 6) is -0.0642. The lowest BCUT2D eigenvalue weighted by molar-refractivity contribution is -0.129. The molecule has 0 radical (unpaired) electrons. The van der Waals surface area contributed by atoms with Crippen LogP contribution in [0, 0.1) is 11.6 Å². The van der Waals surface area contributed by atoms with Crippen molar-refractivity contribution < 1.29 is 18.3 Å². The van der Waals surface area contributed by atoms with E-state index in [0.717, 1.165) is 17.5 Å². The number of nitrogens with one attached hydrogen (secondary N) is 1. The van der Waals surface area contributed by atoms with Crippen molar-refractivity contribution in [3.8, 4) is 17.3 Å². The summed E-state index contributed by atoms with van der Waals surface area (Å²) < 4.78 is 32.9. The van der Waals surface area contributed by atoms with E-state index in [1.807, 2.05) is 0 Å². The van der Waals surface area contributed by atoms with Gasteiger partial charge in [0, 0.05) is 51.9 Å². The Bertz CT molecular complexity index is 1160. The summed E-state index contributed by atoms with van der Waals surface area (Å²) in [4.78, 5) is 29.7. The molecule has 0 atom stereocenters. The Hall–Kier alpha value is -3.63. The molecule has 0 unspecified atom stereocenters. The van der Waals surface area contributed by atoms with Crippen LogP contribution in [0.2, 0.25) is 0 Å². The summed E-state index contributed by atoms with van der Waals surface area (Å²) in [6.07, 6.45) is 3.14. The van der Waals surface area contributed by atoms with Crippen LogP contribution in [0.5, 0.6) is 5.75 Å². The fourth-order valence-electron chi connectivity index (χ4n) is 4.23. The molecule has 0 bridgehead atoms. The van der Waals surface area contributed by atoms with Crippen LogP contribution >= 0.6 is 0 Å². The molecule has 2 aliphatic heterocycles. The molecule has 1 saturated heterocycles. The van der Waals surface area contributed by atoms with Crippen molar-refractivity contribution in [1.82, 2.24) is 30.0 Å². The summed E-state index contributed by atoms with van der Waals surface area (Å²) in [5.41, 5.74) is 2.22. The number of fused-ring (bicyclic) bond motifs is 1. The first-order valence-electron chi connectivity index (χ1n) is 10.9. The molecule has 3 aromatic rings. The van der Waals surface area contributed by atoms with Crippen molar-refractivity contribution in [3.05, 3.63) is 47.5 Å². The van der Waals surface area contributed by atoms with Gasteiger partial charge in [0.05, 0.1) is 17.9 Å². The van der Waals surface area contributed by atoms with Crippen LogP contribution in [0.4, 0.5) is 14.6 Å². The number of aromatic nitrogens is 5. The number of benzene rings is 1. The monoisotopic (exact) mass is 455 g/mol. The third kappa shape index (κ3) is 4.35. The number of rotatable bonds is 4. The second-order valence-electron chi connectivity index (χ2n) is 8.19. The minimum absolute atomic E-state index is 0.00686. The minimum Gasteiger partial charge on any atom is -0.487 e. The number of ether oxygens (including phenoxy) is 1. The third-order valence-electron chi connectivity index (χ3n) is 6.01. The van der Waals surface area contributed by atoms with Crippen molar-refractivity contribution in [2.75, 3.05) is 24.5 Å². The molecule has 0 spiro atoms. The van der Waals surface area contributed by atoms with Crippen LogP contribution in [-0.4, -0.2) is 61.7 Å². The zero-order valence-electron chi connectivity index (χ0n) is 18.1. The Labute approximate surface area is 188 Å². The van der Waals surface area contributed by atoms with E-state index in [1.54, 1.807) is 11.8 Å². The molecule has 4 heterocycles. The third-order valence-corrected chi connectivity index (χ3v) is 6.01. The Morgan fingerprint density at radius 2 is 1.97 bits per heavy atom. The Balaban J connectivity index is 1.36. The summed E-state index contributed by atoms with van der Waals surface area (Å²) in [5, 5.41) is 6.80. The maximum Gasteiger partial charge on any atom is 0.219 e. The SMILES string of the molecule is CC(=O)N1CCc2nc(N3CCC(Oc4ccc(F)cc4F)CC3)c(-c3ncn[nH]3)nc2C1. The molecule has 2 aliphatic rings. The lowest BCUT2D eigenvalue weighted by atomic mass is 10.1. The first-order chi connectivity index (χ1) is 16.0. The lowest BCUT2D eigenvalue weighted by Gasteiger charge is -2.34. The van der Waals surface area contributed by atoms with Gasteiger partial charge < -0.3 is 14.5 Å². The second kappa shape index (κ2) is 8.72. The molecule has 2 aromatic heterocycles. The summed E-state index contributed by atoms with van der Waals surface area (Å²) in [7, 11) is 0. The molecule has 172 valence electrons. The molecule has 1 aromatic carbocycles. The number of nitrogens with zero attached hydrogens (tertiary/aromatic N) is 6. The van der Waals surface area contributed by atoms with Crippen molar-refractivity contribution in [3.63, 3.8) is 0 Å². The minimum atomic E-state index is -0.704. The van der Waals surface area contributed by atoms with E-state index in [2.05, 4.69) is 20.1 Å². The van der Waals surface area contributed by atoms with Gasteiger partial charge in [-0.2, -0.15) is 5.10 Å². The van der Waals surface area contributed by atoms with Crippen LogP contribution in [0.1, 0.15) is 31.2 Å². The number of halogens is 2. The van der Waals surface area contributed by atoms with Crippen molar-refractivity contribution in [2.24, 2.45) is 0 Å². The smallest absolute Gasteiger partial charge is 0.219 e. The van der Waals surface area contributed by atoms with E-state index in [-0.39, 0.29) is 17.8 Å². The van der Waals surface area contributed by atoms with E-state index < -0.39 is 11.6 Å². The van der Waals surface area contributed by atoms with Crippen molar-refractivity contribution in [2.45, 2.75) is 38.8 Å². The number of carbonyl (C=O) groups is 1. The Morgan fingerprint density at radius 1 is 1.15 bits per heavy atom. The average Bonchev–Trinajstić information content (AvgIpc) is 3.35. The van der Waals surface area contributed by atoms with Crippen LogP contribution < -0.4 is 9.64 Å². The highest BCUT2D eigenvalue weighted by Gasteiger charge is 2.29. The number of anilines is 1. The van der Waals surface area contributed by atoms with Gasteiger partial charge >= 0.3 is 0 Å². The van der Waals surface area contributed by atoms with E-state index in [4.69, 9.17) is 14.7 Å². The Morgan fingerprint density at radius 3 is 2.67 bits per heavy atom. The molecular weight excluding hydrogens is 432 g/mol. The average molecular weight is 455 g/mol. The number of aromatic amines is 1. The van der Waals surface area contributed by atoms with Crippen LogP contribution in [-0.2, 0) is 17.8 Å². The molecule has 5 rings (SSSR count). The van der Waals surface area contributed by atoms with E-state index in [9.17, 15) is 13.6 Å².